The van der Waals surface area contributed by atoms with Gasteiger partial charge in [-0.2, -0.15) is 0 Å². The maximum atomic E-state index is 13.3. The van der Waals surface area contributed by atoms with Gasteiger partial charge in [-0.25, -0.2) is 4.98 Å². The molecule has 1 amide bonds. The van der Waals surface area contributed by atoms with E-state index in [0.717, 1.165) is 12.0 Å². The Balaban J connectivity index is 1.63. The van der Waals surface area contributed by atoms with Gasteiger partial charge in [0.05, 0.1) is 16.5 Å². The predicted molar refractivity (Wildman–Crippen MR) is 109 cm³/mol. The van der Waals surface area contributed by atoms with E-state index in [2.05, 4.69) is 17.1 Å². The average Bonchev–Trinajstić information content (AvgIpc) is 2.73. The molecule has 0 atom stereocenters. The number of rotatable bonds is 1. The van der Waals surface area contributed by atoms with Gasteiger partial charge >= 0.3 is 0 Å². The molecule has 0 unspecified atom stereocenters. The van der Waals surface area contributed by atoms with Gasteiger partial charge in [0, 0.05) is 24.3 Å². The van der Waals surface area contributed by atoms with Gasteiger partial charge in [-0.1, -0.05) is 35.9 Å². The molecule has 28 heavy (non-hydrogen) atoms. The molecule has 0 radical (unpaired) electrons. The molecular formula is C22H16ClN3O2. The maximum absolute atomic E-state index is 13.3. The highest BCUT2D eigenvalue weighted by atomic mass is 35.5. The van der Waals surface area contributed by atoms with Crippen LogP contribution in [0.3, 0.4) is 0 Å². The number of aromatic nitrogens is 2. The molecule has 138 valence electrons. The van der Waals surface area contributed by atoms with E-state index in [1.54, 1.807) is 36.5 Å². The van der Waals surface area contributed by atoms with Gasteiger partial charge in [0.1, 0.15) is 0 Å². The maximum Gasteiger partial charge on any atom is 0.265 e. The van der Waals surface area contributed by atoms with Gasteiger partial charge in [-0.3, -0.25) is 14.0 Å². The zero-order valence-electron chi connectivity index (χ0n) is 14.9. The van der Waals surface area contributed by atoms with Crippen molar-refractivity contribution in [3.05, 3.63) is 92.9 Å². The van der Waals surface area contributed by atoms with E-state index in [1.807, 2.05) is 17.0 Å². The summed E-state index contributed by atoms with van der Waals surface area (Å²) in [7, 11) is 0. The van der Waals surface area contributed by atoms with E-state index in [4.69, 9.17) is 11.6 Å². The topological polar surface area (TPSA) is 54.7 Å². The van der Waals surface area contributed by atoms with Gasteiger partial charge in [-0.15, -0.1) is 0 Å². The van der Waals surface area contributed by atoms with Crippen molar-refractivity contribution in [3.63, 3.8) is 0 Å². The molecule has 0 bridgehead atoms. The van der Waals surface area contributed by atoms with E-state index in [0.29, 0.717) is 40.2 Å². The van der Waals surface area contributed by atoms with Crippen LogP contribution in [0.25, 0.3) is 16.6 Å². The van der Waals surface area contributed by atoms with E-state index in [9.17, 15) is 9.59 Å². The first-order chi connectivity index (χ1) is 13.6. The summed E-state index contributed by atoms with van der Waals surface area (Å²) in [4.78, 5) is 32.6. The molecule has 5 rings (SSSR count). The Bertz CT molecular complexity index is 1310. The Labute approximate surface area is 165 Å². The van der Waals surface area contributed by atoms with Crippen LogP contribution in [0.4, 0.5) is 0 Å². The third kappa shape index (κ3) is 2.67. The van der Waals surface area contributed by atoms with Crippen molar-refractivity contribution in [2.45, 2.75) is 13.0 Å². The van der Waals surface area contributed by atoms with Crippen LogP contribution < -0.4 is 5.56 Å². The van der Waals surface area contributed by atoms with E-state index < -0.39 is 0 Å². The molecule has 0 fully saturated rings. The Morgan fingerprint density at radius 2 is 1.86 bits per heavy atom. The number of amides is 1. The van der Waals surface area contributed by atoms with Crippen LogP contribution in [0.2, 0.25) is 5.02 Å². The molecule has 3 heterocycles. The SMILES string of the molecule is O=C(c1cccn2c(=O)c3cc(Cl)ccc3nc12)N1CCc2ccccc2C1. The largest absolute Gasteiger partial charge is 0.334 e. The lowest BCUT2D eigenvalue weighted by atomic mass is 9.99. The molecule has 0 N–H and O–H groups in total. The summed E-state index contributed by atoms with van der Waals surface area (Å²) in [6.45, 7) is 1.20. The number of carbonyl (C=O) groups is 1. The monoisotopic (exact) mass is 389 g/mol. The second kappa shape index (κ2) is 6.46. The van der Waals surface area contributed by atoms with Gasteiger partial charge < -0.3 is 4.90 Å². The molecule has 2 aromatic heterocycles. The smallest absolute Gasteiger partial charge is 0.265 e. The quantitative estimate of drug-likeness (QED) is 0.466. The van der Waals surface area contributed by atoms with Crippen molar-refractivity contribution in [1.29, 1.82) is 0 Å². The number of halogens is 1. The fourth-order valence-corrected chi connectivity index (χ4v) is 3.98. The summed E-state index contributed by atoms with van der Waals surface area (Å²) in [6, 6.07) is 16.6. The number of carbonyl (C=O) groups excluding carboxylic acids is 1. The Morgan fingerprint density at radius 1 is 1.04 bits per heavy atom. The lowest BCUT2D eigenvalue weighted by Crippen LogP contribution is -2.36. The minimum absolute atomic E-state index is 0.118. The van der Waals surface area contributed by atoms with Crippen LogP contribution in [0.15, 0.2) is 65.6 Å². The first kappa shape index (κ1) is 17.0. The minimum Gasteiger partial charge on any atom is -0.334 e. The van der Waals surface area contributed by atoms with Crippen LogP contribution in [0.5, 0.6) is 0 Å². The molecule has 6 heteroatoms. The zero-order chi connectivity index (χ0) is 19.3. The number of nitrogens with zero attached hydrogens (tertiary/aromatic N) is 3. The van der Waals surface area contributed by atoms with Gasteiger partial charge in [0.15, 0.2) is 5.65 Å². The standard InChI is InChI=1S/C22H16ClN3O2/c23-16-7-8-19-18(12-16)22(28)26-10-3-6-17(20(26)24-19)21(27)25-11-9-14-4-1-2-5-15(14)13-25/h1-8,10,12H,9,11,13H2. The van der Waals surface area contributed by atoms with E-state index in [1.165, 1.54) is 9.96 Å². The first-order valence-corrected chi connectivity index (χ1v) is 9.46. The zero-order valence-corrected chi connectivity index (χ0v) is 15.7. The molecule has 1 aliphatic heterocycles. The van der Waals surface area contributed by atoms with Crippen LogP contribution in [0.1, 0.15) is 21.5 Å². The fraction of sp³-hybridized carbons (Fsp3) is 0.136. The van der Waals surface area contributed by atoms with Crippen molar-refractivity contribution in [2.75, 3.05) is 6.54 Å². The predicted octanol–water partition coefficient (Wildman–Crippen LogP) is 3.70. The second-order valence-electron chi connectivity index (χ2n) is 6.94. The van der Waals surface area contributed by atoms with Crippen LogP contribution in [0, 0.1) is 0 Å². The van der Waals surface area contributed by atoms with Crippen molar-refractivity contribution in [2.24, 2.45) is 0 Å². The fourth-order valence-electron chi connectivity index (χ4n) is 3.81. The Hall–Kier alpha value is -3.18. The Kier molecular flexibility index (Phi) is 3.91. The van der Waals surface area contributed by atoms with Crippen molar-refractivity contribution in [3.8, 4) is 0 Å². The van der Waals surface area contributed by atoms with Crippen molar-refractivity contribution < 1.29 is 4.79 Å². The normalized spacial score (nSPS) is 13.7. The number of hydrogen-bond donors (Lipinski definition) is 0. The van der Waals surface area contributed by atoms with Crippen molar-refractivity contribution in [1.82, 2.24) is 14.3 Å². The lowest BCUT2D eigenvalue weighted by molar-refractivity contribution is 0.0736. The second-order valence-corrected chi connectivity index (χ2v) is 7.38. The summed E-state index contributed by atoms with van der Waals surface area (Å²) < 4.78 is 1.42. The molecule has 2 aromatic carbocycles. The summed E-state index contributed by atoms with van der Waals surface area (Å²) in [5.41, 5.74) is 3.52. The Morgan fingerprint density at radius 3 is 2.71 bits per heavy atom. The molecule has 4 aromatic rings. The minimum atomic E-state index is -0.235. The van der Waals surface area contributed by atoms with Gasteiger partial charge in [0.2, 0.25) is 0 Å². The van der Waals surface area contributed by atoms with E-state index >= 15 is 0 Å². The molecule has 5 nitrogen and oxygen atoms in total. The van der Waals surface area contributed by atoms with Crippen LogP contribution in [-0.4, -0.2) is 26.7 Å². The average molecular weight is 390 g/mol. The number of fused-ring (bicyclic) bond motifs is 3. The lowest BCUT2D eigenvalue weighted by Gasteiger charge is -2.29. The highest BCUT2D eigenvalue weighted by molar-refractivity contribution is 6.31. The van der Waals surface area contributed by atoms with Gasteiger partial charge in [0.25, 0.3) is 11.5 Å². The highest BCUT2D eigenvalue weighted by Gasteiger charge is 2.24. The summed E-state index contributed by atoms with van der Waals surface area (Å²) in [5, 5.41) is 0.909. The van der Waals surface area contributed by atoms with Crippen LogP contribution in [-0.2, 0) is 13.0 Å². The number of hydrogen-bond acceptors (Lipinski definition) is 3. The highest BCUT2D eigenvalue weighted by Crippen LogP contribution is 2.22. The molecule has 0 saturated heterocycles. The molecular weight excluding hydrogens is 374 g/mol. The first-order valence-electron chi connectivity index (χ1n) is 9.08. The summed E-state index contributed by atoms with van der Waals surface area (Å²) in [6.07, 6.45) is 2.45. The summed E-state index contributed by atoms with van der Waals surface area (Å²) >= 11 is 6.03. The number of pyridine rings is 1. The van der Waals surface area contributed by atoms with Gasteiger partial charge in [-0.05, 0) is 47.9 Å². The molecule has 0 aliphatic carbocycles. The molecule has 1 aliphatic rings. The molecule has 0 spiro atoms. The number of benzene rings is 2. The third-order valence-corrected chi connectivity index (χ3v) is 5.48. The van der Waals surface area contributed by atoms with Crippen LogP contribution >= 0.6 is 11.6 Å². The third-order valence-electron chi connectivity index (χ3n) is 5.25. The van der Waals surface area contributed by atoms with Crippen molar-refractivity contribution >= 4 is 34.1 Å². The summed E-state index contributed by atoms with van der Waals surface area (Å²) in [5.74, 6) is -0.118. The molecule has 0 saturated carbocycles. The van der Waals surface area contributed by atoms with E-state index in [-0.39, 0.29) is 11.5 Å².